The van der Waals surface area contributed by atoms with Gasteiger partial charge in [0, 0.05) is 26.1 Å². The minimum Gasteiger partial charge on any atom is -0.342 e. The molecule has 96 valence electrons. The van der Waals surface area contributed by atoms with E-state index in [1.165, 1.54) is 0 Å². The standard InChI is InChI=1S/C12H21N3O2/c1-14-5-6-15(8-11(14)16)12(17)10-4-2-3-9(10)7-13/h9-10H,2-8,13H2,1H3. The first kappa shape index (κ1) is 12.4. The zero-order valence-corrected chi connectivity index (χ0v) is 10.4. The second-order valence-corrected chi connectivity index (χ2v) is 5.11. The maximum Gasteiger partial charge on any atom is 0.241 e. The highest BCUT2D eigenvalue weighted by Gasteiger charge is 2.36. The number of likely N-dealkylation sites (N-methyl/N-ethyl adjacent to an activating group) is 1. The van der Waals surface area contributed by atoms with E-state index in [9.17, 15) is 9.59 Å². The summed E-state index contributed by atoms with van der Waals surface area (Å²) in [5.41, 5.74) is 5.69. The van der Waals surface area contributed by atoms with Crippen molar-refractivity contribution in [3.8, 4) is 0 Å². The van der Waals surface area contributed by atoms with Gasteiger partial charge in [-0.25, -0.2) is 0 Å². The van der Waals surface area contributed by atoms with E-state index < -0.39 is 0 Å². The Labute approximate surface area is 102 Å². The zero-order valence-electron chi connectivity index (χ0n) is 10.4. The molecule has 1 heterocycles. The summed E-state index contributed by atoms with van der Waals surface area (Å²) in [4.78, 5) is 27.3. The summed E-state index contributed by atoms with van der Waals surface area (Å²) in [5.74, 6) is 0.541. The number of nitrogens with two attached hydrogens (primary N) is 1. The van der Waals surface area contributed by atoms with Gasteiger partial charge in [-0.3, -0.25) is 9.59 Å². The lowest BCUT2D eigenvalue weighted by Gasteiger charge is -2.34. The highest BCUT2D eigenvalue weighted by atomic mass is 16.2. The molecule has 2 amide bonds. The van der Waals surface area contributed by atoms with Crippen LogP contribution in [0.5, 0.6) is 0 Å². The smallest absolute Gasteiger partial charge is 0.241 e. The molecule has 5 nitrogen and oxygen atoms in total. The molecule has 2 rings (SSSR count). The molecule has 5 heteroatoms. The Hall–Kier alpha value is -1.10. The first-order valence-corrected chi connectivity index (χ1v) is 6.36. The number of rotatable bonds is 2. The van der Waals surface area contributed by atoms with Crippen molar-refractivity contribution in [2.75, 3.05) is 33.2 Å². The van der Waals surface area contributed by atoms with Crippen molar-refractivity contribution in [2.45, 2.75) is 19.3 Å². The van der Waals surface area contributed by atoms with Crippen LogP contribution in [0.3, 0.4) is 0 Å². The van der Waals surface area contributed by atoms with Crippen molar-refractivity contribution in [2.24, 2.45) is 17.6 Å². The van der Waals surface area contributed by atoms with Gasteiger partial charge in [0.25, 0.3) is 0 Å². The number of amides is 2. The number of carbonyl (C=O) groups is 2. The van der Waals surface area contributed by atoms with E-state index >= 15 is 0 Å². The van der Waals surface area contributed by atoms with Crippen LogP contribution in [0, 0.1) is 11.8 Å². The second kappa shape index (κ2) is 5.04. The minimum atomic E-state index is 0.0342. The van der Waals surface area contributed by atoms with Gasteiger partial charge in [-0.1, -0.05) is 6.42 Å². The van der Waals surface area contributed by atoms with Gasteiger partial charge in [-0.05, 0) is 25.3 Å². The van der Waals surface area contributed by atoms with Crippen LogP contribution < -0.4 is 5.73 Å². The van der Waals surface area contributed by atoms with E-state index in [1.807, 2.05) is 0 Å². The van der Waals surface area contributed by atoms with Crippen LogP contribution in [0.25, 0.3) is 0 Å². The normalized spacial score (nSPS) is 29.9. The van der Waals surface area contributed by atoms with E-state index in [4.69, 9.17) is 5.73 Å². The fraction of sp³-hybridized carbons (Fsp3) is 0.833. The SMILES string of the molecule is CN1CCN(C(=O)C2CCCC2CN)CC1=O. The molecule has 0 bridgehead atoms. The summed E-state index contributed by atoms with van der Waals surface area (Å²) in [6.07, 6.45) is 3.07. The summed E-state index contributed by atoms with van der Waals surface area (Å²) in [5, 5.41) is 0. The molecular formula is C12H21N3O2. The van der Waals surface area contributed by atoms with E-state index in [0.29, 0.717) is 25.6 Å². The van der Waals surface area contributed by atoms with Crippen LogP contribution in [0.15, 0.2) is 0 Å². The van der Waals surface area contributed by atoms with Gasteiger partial charge < -0.3 is 15.5 Å². The number of hydrogen-bond donors (Lipinski definition) is 1. The quantitative estimate of drug-likeness (QED) is 0.717. The van der Waals surface area contributed by atoms with E-state index in [1.54, 1.807) is 16.8 Å². The van der Waals surface area contributed by atoms with Crippen LogP contribution in [0.4, 0.5) is 0 Å². The molecule has 2 fully saturated rings. The maximum absolute atomic E-state index is 12.3. The van der Waals surface area contributed by atoms with Gasteiger partial charge in [-0.15, -0.1) is 0 Å². The first-order valence-electron chi connectivity index (χ1n) is 6.36. The largest absolute Gasteiger partial charge is 0.342 e. The predicted octanol–water partition coefficient (Wildman–Crippen LogP) is -0.338. The Kier molecular flexibility index (Phi) is 3.66. The topological polar surface area (TPSA) is 66.6 Å². The Bertz CT molecular complexity index is 319. The molecule has 0 radical (unpaired) electrons. The highest BCUT2D eigenvalue weighted by molar-refractivity contribution is 5.87. The summed E-state index contributed by atoms with van der Waals surface area (Å²) >= 11 is 0. The van der Waals surface area contributed by atoms with Crippen molar-refractivity contribution < 1.29 is 9.59 Å². The van der Waals surface area contributed by atoms with Crippen molar-refractivity contribution in [3.63, 3.8) is 0 Å². The van der Waals surface area contributed by atoms with Gasteiger partial charge in [0.15, 0.2) is 0 Å². The third-order valence-corrected chi connectivity index (χ3v) is 4.05. The average Bonchev–Trinajstić information content (AvgIpc) is 2.80. The number of hydrogen-bond acceptors (Lipinski definition) is 3. The van der Waals surface area contributed by atoms with Crippen LogP contribution in [0.2, 0.25) is 0 Å². The molecule has 1 aliphatic carbocycles. The molecule has 0 aromatic rings. The molecule has 1 saturated heterocycles. The van der Waals surface area contributed by atoms with Crippen molar-refractivity contribution in [3.05, 3.63) is 0 Å². The van der Waals surface area contributed by atoms with Crippen LogP contribution in [-0.4, -0.2) is 54.8 Å². The molecule has 1 aliphatic heterocycles. The lowest BCUT2D eigenvalue weighted by atomic mass is 9.94. The highest BCUT2D eigenvalue weighted by Crippen LogP contribution is 2.32. The number of nitrogens with zero attached hydrogens (tertiary/aromatic N) is 2. The Morgan fingerprint density at radius 3 is 2.82 bits per heavy atom. The molecule has 1 saturated carbocycles. The second-order valence-electron chi connectivity index (χ2n) is 5.11. The van der Waals surface area contributed by atoms with E-state index in [0.717, 1.165) is 19.3 Å². The molecule has 2 aliphatic rings. The monoisotopic (exact) mass is 239 g/mol. The predicted molar refractivity (Wildman–Crippen MR) is 64.1 cm³/mol. The zero-order chi connectivity index (χ0) is 12.4. The fourth-order valence-electron chi connectivity index (χ4n) is 2.83. The summed E-state index contributed by atoms with van der Waals surface area (Å²) in [6.45, 7) is 2.13. The molecule has 17 heavy (non-hydrogen) atoms. The van der Waals surface area contributed by atoms with Gasteiger partial charge >= 0.3 is 0 Å². The Morgan fingerprint density at radius 1 is 1.41 bits per heavy atom. The summed E-state index contributed by atoms with van der Waals surface area (Å²) < 4.78 is 0. The average molecular weight is 239 g/mol. The van der Waals surface area contributed by atoms with Crippen molar-refractivity contribution in [1.29, 1.82) is 0 Å². The third kappa shape index (κ3) is 2.44. The number of carbonyl (C=O) groups excluding carboxylic acids is 2. The first-order chi connectivity index (χ1) is 8.13. The Balaban J connectivity index is 1.98. The summed E-state index contributed by atoms with van der Waals surface area (Å²) in [6, 6.07) is 0. The van der Waals surface area contributed by atoms with Gasteiger partial charge in [-0.2, -0.15) is 0 Å². The molecule has 2 unspecified atom stereocenters. The maximum atomic E-state index is 12.3. The number of piperazine rings is 1. The molecule has 0 aromatic heterocycles. The Morgan fingerprint density at radius 2 is 2.18 bits per heavy atom. The van der Waals surface area contributed by atoms with Crippen molar-refractivity contribution in [1.82, 2.24) is 9.80 Å². The third-order valence-electron chi connectivity index (χ3n) is 4.05. The molecule has 0 spiro atoms. The summed E-state index contributed by atoms with van der Waals surface area (Å²) in [7, 11) is 1.78. The fourth-order valence-corrected chi connectivity index (χ4v) is 2.83. The lowest BCUT2D eigenvalue weighted by Crippen LogP contribution is -2.52. The van der Waals surface area contributed by atoms with Gasteiger partial charge in [0.05, 0.1) is 6.54 Å². The molecular weight excluding hydrogens is 218 g/mol. The van der Waals surface area contributed by atoms with E-state index in [-0.39, 0.29) is 24.3 Å². The molecule has 2 N–H and O–H groups in total. The van der Waals surface area contributed by atoms with Crippen molar-refractivity contribution >= 4 is 11.8 Å². The van der Waals surface area contributed by atoms with E-state index in [2.05, 4.69) is 0 Å². The molecule has 2 atom stereocenters. The minimum absolute atomic E-state index is 0.0342. The molecule has 0 aromatic carbocycles. The van der Waals surface area contributed by atoms with Crippen LogP contribution in [0.1, 0.15) is 19.3 Å². The van der Waals surface area contributed by atoms with Crippen LogP contribution >= 0.6 is 0 Å². The van der Waals surface area contributed by atoms with Gasteiger partial charge in [0.1, 0.15) is 0 Å². The lowest BCUT2D eigenvalue weighted by molar-refractivity contribution is -0.147. The van der Waals surface area contributed by atoms with Crippen LogP contribution in [-0.2, 0) is 9.59 Å². The van der Waals surface area contributed by atoms with Gasteiger partial charge in [0.2, 0.25) is 11.8 Å².